The number of aromatic nitrogens is 2. The fourth-order valence-corrected chi connectivity index (χ4v) is 3.82. The van der Waals surface area contributed by atoms with Crippen LogP contribution in [0, 0.1) is 0 Å². The van der Waals surface area contributed by atoms with Crippen LogP contribution >= 0.6 is 0 Å². The van der Waals surface area contributed by atoms with Gasteiger partial charge in [-0.1, -0.05) is 24.3 Å². The average Bonchev–Trinajstić information content (AvgIpc) is 3.18. The van der Waals surface area contributed by atoms with Crippen LogP contribution < -0.4 is 14.8 Å². The van der Waals surface area contributed by atoms with Gasteiger partial charge in [0.1, 0.15) is 18.1 Å². The van der Waals surface area contributed by atoms with Crippen LogP contribution in [0.4, 0.5) is 14.7 Å². The lowest BCUT2D eigenvalue weighted by Gasteiger charge is -2.18. The topological polar surface area (TPSA) is 85.6 Å². The number of nitrogens with zero attached hydrogens (tertiary/aromatic N) is 2. The molecule has 4 rings (SSSR count). The summed E-state index contributed by atoms with van der Waals surface area (Å²) in [5, 5.41) is 12.5. The van der Waals surface area contributed by atoms with Gasteiger partial charge in [-0.2, -0.15) is 0 Å². The predicted octanol–water partition coefficient (Wildman–Crippen LogP) is 5.39. The van der Waals surface area contributed by atoms with Crippen molar-refractivity contribution >= 4 is 23.0 Å². The third kappa shape index (κ3) is 5.51. The highest BCUT2D eigenvalue weighted by molar-refractivity contribution is 5.93. The van der Waals surface area contributed by atoms with E-state index < -0.39 is 11.9 Å². The first kappa shape index (κ1) is 24.0. The maximum atomic E-state index is 14.2. The SMILES string of the molecule is COc1ccc(OCCNc2nc3cc(C(=O)O)ccc3n2Cc2ccccc2C(C)(F)F)cc1. The molecule has 0 saturated carbocycles. The lowest BCUT2D eigenvalue weighted by Crippen LogP contribution is -2.17. The van der Waals surface area contributed by atoms with E-state index in [9.17, 15) is 18.7 Å². The number of fused-ring (bicyclic) bond motifs is 1. The Kier molecular flexibility index (Phi) is 6.86. The number of hydrogen-bond acceptors (Lipinski definition) is 5. The van der Waals surface area contributed by atoms with Gasteiger partial charge in [-0.15, -0.1) is 0 Å². The normalized spacial score (nSPS) is 11.4. The number of ether oxygens (including phenoxy) is 2. The second kappa shape index (κ2) is 10.0. The summed E-state index contributed by atoms with van der Waals surface area (Å²) in [6.45, 7) is 1.70. The number of hydrogen-bond donors (Lipinski definition) is 2. The summed E-state index contributed by atoms with van der Waals surface area (Å²) in [4.78, 5) is 16.0. The van der Waals surface area contributed by atoms with Gasteiger partial charge in [-0.25, -0.2) is 18.6 Å². The lowest BCUT2D eigenvalue weighted by atomic mass is 10.0. The Bertz CT molecular complexity index is 1330. The molecule has 3 aromatic carbocycles. The van der Waals surface area contributed by atoms with Gasteiger partial charge in [-0.05, 0) is 48.0 Å². The highest BCUT2D eigenvalue weighted by Crippen LogP contribution is 2.32. The van der Waals surface area contributed by atoms with Crippen LogP contribution in [0.5, 0.6) is 11.5 Å². The molecule has 0 aliphatic heterocycles. The molecule has 0 amide bonds. The monoisotopic (exact) mass is 481 g/mol. The van der Waals surface area contributed by atoms with Gasteiger partial charge in [0.25, 0.3) is 5.92 Å². The number of aromatic carboxylic acids is 1. The van der Waals surface area contributed by atoms with Crippen LogP contribution in [0.25, 0.3) is 11.0 Å². The predicted molar refractivity (Wildman–Crippen MR) is 129 cm³/mol. The van der Waals surface area contributed by atoms with E-state index in [1.165, 1.54) is 18.2 Å². The quantitative estimate of drug-likeness (QED) is 0.295. The Morgan fingerprint density at radius 1 is 1.09 bits per heavy atom. The molecule has 0 unspecified atom stereocenters. The van der Waals surface area contributed by atoms with Crippen molar-refractivity contribution in [2.75, 3.05) is 25.6 Å². The number of halogens is 2. The van der Waals surface area contributed by atoms with Gasteiger partial charge >= 0.3 is 5.97 Å². The summed E-state index contributed by atoms with van der Waals surface area (Å²) in [6.07, 6.45) is 0. The van der Waals surface area contributed by atoms with Crippen LogP contribution in [0.1, 0.15) is 28.4 Å². The van der Waals surface area contributed by atoms with Crippen molar-refractivity contribution in [1.82, 2.24) is 9.55 Å². The van der Waals surface area contributed by atoms with Crippen LogP contribution in [0.15, 0.2) is 66.7 Å². The first-order valence-electron chi connectivity index (χ1n) is 11.0. The zero-order valence-electron chi connectivity index (χ0n) is 19.3. The Labute approximate surface area is 200 Å². The fourth-order valence-electron chi connectivity index (χ4n) is 3.82. The molecular weight excluding hydrogens is 456 g/mol. The molecule has 0 aliphatic rings. The molecule has 0 fully saturated rings. The van der Waals surface area contributed by atoms with Gasteiger partial charge < -0.3 is 24.5 Å². The van der Waals surface area contributed by atoms with Crippen LogP contribution in [0.2, 0.25) is 0 Å². The molecule has 4 aromatic rings. The smallest absolute Gasteiger partial charge is 0.335 e. The number of imidazole rings is 1. The molecule has 1 heterocycles. The van der Waals surface area contributed by atoms with E-state index in [1.807, 2.05) is 0 Å². The van der Waals surface area contributed by atoms with Crippen LogP contribution in [0.3, 0.4) is 0 Å². The van der Waals surface area contributed by atoms with Crippen LogP contribution in [-0.2, 0) is 12.5 Å². The van der Waals surface area contributed by atoms with Crippen molar-refractivity contribution in [3.8, 4) is 11.5 Å². The van der Waals surface area contributed by atoms with E-state index in [4.69, 9.17) is 9.47 Å². The molecule has 182 valence electrons. The summed E-state index contributed by atoms with van der Waals surface area (Å²) in [5.41, 5.74) is 1.54. The molecular formula is C26H25F2N3O4. The van der Waals surface area contributed by atoms with E-state index >= 15 is 0 Å². The third-order valence-electron chi connectivity index (χ3n) is 5.53. The number of anilines is 1. The lowest BCUT2D eigenvalue weighted by molar-refractivity contribution is 0.0164. The number of rotatable bonds is 10. The number of methoxy groups -OCH3 is 1. The van der Waals surface area contributed by atoms with Gasteiger partial charge in [0.05, 0.1) is 36.8 Å². The summed E-state index contributed by atoms with van der Waals surface area (Å²) >= 11 is 0. The highest BCUT2D eigenvalue weighted by Gasteiger charge is 2.27. The van der Waals surface area contributed by atoms with E-state index in [-0.39, 0.29) is 17.7 Å². The molecule has 0 atom stereocenters. The first-order valence-corrected chi connectivity index (χ1v) is 11.0. The Balaban J connectivity index is 1.59. The van der Waals surface area contributed by atoms with Crippen molar-refractivity contribution in [3.05, 3.63) is 83.4 Å². The van der Waals surface area contributed by atoms with Crippen LogP contribution in [-0.4, -0.2) is 40.9 Å². The molecule has 7 nitrogen and oxygen atoms in total. The number of nitrogens with one attached hydrogen (secondary N) is 1. The highest BCUT2D eigenvalue weighted by atomic mass is 19.3. The maximum absolute atomic E-state index is 14.2. The van der Waals surface area contributed by atoms with Crippen molar-refractivity contribution in [2.24, 2.45) is 0 Å². The Morgan fingerprint density at radius 3 is 2.49 bits per heavy atom. The minimum absolute atomic E-state index is 0.0715. The van der Waals surface area contributed by atoms with Crippen molar-refractivity contribution in [2.45, 2.75) is 19.4 Å². The Morgan fingerprint density at radius 2 is 1.80 bits per heavy atom. The zero-order valence-corrected chi connectivity index (χ0v) is 19.3. The van der Waals surface area contributed by atoms with Crippen molar-refractivity contribution in [1.29, 1.82) is 0 Å². The molecule has 0 radical (unpaired) electrons. The average molecular weight is 481 g/mol. The second-order valence-electron chi connectivity index (χ2n) is 8.03. The number of carboxylic acid groups (broad SMARTS) is 1. The summed E-state index contributed by atoms with van der Waals surface area (Å²) in [6, 6.07) is 18.1. The van der Waals surface area contributed by atoms with Gasteiger partial charge in [0.15, 0.2) is 0 Å². The van der Waals surface area contributed by atoms with Crippen molar-refractivity contribution < 1.29 is 28.2 Å². The van der Waals surface area contributed by atoms with E-state index in [2.05, 4.69) is 10.3 Å². The van der Waals surface area contributed by atoms with E-state index in [0.717, 1.165) is 12.7 Å². The van der Waals surface area contributed by atoms with Gasteiger partial charge in [-0.3, -0.25) is 0 Å². The number of benzene rings is 3. The van der Waals surface area contributed by atoms with E-state index in [0.29, 0.717) is 41.4 Å². The molecule has 0 aliphatic carbocycles. The van der Waals surface area contributed by atoms with Crippen molar-refractivity contribution in [3.63, 3.8) is 0 Å². The molecule has 2 N–H and O–H groups in total. The molecule has 9 heteroatoms. The van der Waals surface area contributed by atoms with E-state index in [1.54, 1.807) is 60.2 Å². The molecule has 0 saturated heterocycles. The maximum Gasteiger partial charge on any atom is 0.335 e. The first-order chi connectivity index (χ1) is 16.8. The van der Waals surface area contributed by atoms with Gasteiger partial charge in [0.2, 0.25) is 5.95 Å². The number of alkyl halides is 2. The minimum atomic E-state index is -3.01. The zero-order chi connectivity index (χ0) is 25.0. The second-order valence-corrected chi connectivity index (χ2v) is 8.03. The largest absolute Gasteiger partial charge is 0.497 e. The molecule has 35 heavy (non-hydrogen) atoms. The summed E-state index contributed by atoms with van der Waals surface area (Å²) in [5.74, 6) is -2.26. The number of carbonyl (C=O) groups is 1. The number of carboxylic acids is 1. The molecule has 1 aromatic heterocycles. The van der Waals surface area contributed by atoms with Gasteiger partial charge in [0, 0.05) is 12.5 Å². The third-order valence-corrected chi connectivity index (χ3v) is 5.53. The standard InChI is InChI=1S/C26H25F2N3O4/c1-26(27,28)21-6-4-3-5-18(21)16-31-23-12-7-17(24(32)33)15-22(23)30-25(31)29-13-14-35-20-10-8-19(34-2)9-11-20/h3-12,15H,13-14,16H2,1-2H3,(H,29,30)(H,32,33). The minimum Gasteiger partial charge on any atom is -0.497 e. The molecule has 0 spiro atoms. The fraction of sp³-hybridized carbons (Fsp3) is 0.231. The molecule has 0 bridgehead atoms. The summed E-state index contributed by atoms with van der Waals surface area (Å²) in [7, 11) is 1.59. The Hall–Kier alpha value is -4.14. The summed E-state index contributed by atoms with van der Waals surface area (Å²) < 4.78 is 41.1.